The average Bonchev–Trinajstić information content (AvgIpc) is 3.55. The van der Waals surface area contributed by atoms with Crippen LogP contribution < -0.4 is 5.73 Å². The van der Waals surface area contributed by atoms with Crippen LogP contribution in [0.1, 0.15) is 35.3 Å². The molecule has 4 heterocycles. The molecule has 6 rings (SSSR count). The number of pyridine rings is 2. The van der Waals surface area contributed by atoms with Crippen molar-refractivity contribution >= 4 is 39.2 Å². The lowest BCUT2D eigenvalue weighted by molar-refractivity contribution is 0.0424. The van der Waals surface area contributed by atoms with Gasteiger partial charge in [-0.3, -0.25) is 9.48 Å². The first-order chi connectivity index (χ1) is 16.9. The summed E-state index contributed by atoms with van der Waals surface area (Å²) < 4.78 is 18.9. The molecule has 178 valence electrons. The molecule has 4 aromatic heterocycles. The third-order valence-electron chi connectivity index (χ3n) is 6.88. The highest BCUT2D eigenvalue weighted by atomic mass is 19.1. The zero-order chi connectivity index (χ0) is 24.3. The van der Waals surface area contributed by atoms with Gasteiger partial charge in [-0.2, -0.15) is 5.10 Å². The summed E-state index contributed by atoms with van der Waals surface area (Å²) in [6.45, 7) is 0.154. The number of fused-ring (bicyclic) bond motifs is 4. The molecule has 0 bridgehead atoms. The molecule has 1 aromatic carbocycles. The van der Waals surface area contributed by atoms with Gasteiger partial charge in [0.2, 0.25) is 0 Å². The predicted octanol–water partition coefficient (Wildman–Crippen LogP) is 3.05. The number of imidazole rings is 1. The van der Waals surface area contributed by atoms with E-state index in [4.69, 9.17) is 5.73 Å². The number of amides is 1. The highest BCUT2D eigenvalue weighted by Gasteiger charge is 2.35. The van der Waals surface area contributed by atoms with Crippen LogP contribution in [-0.4, -0.2) is 52.2 Å². The zero-order valence-corrected chi connectivity index (χ0v) is 19.1. The van der Waals surface area contributed by atoms with E-state index in [1.807, 2.05) is 35.0 Å². The number of hydrogen-bond acceptors (Lipinski definition) is 6. The lowest BCUT2D eigenvalue weighted by Crippen LogP contribution is -2.44. The molecule has 1 aliphatic carbocycles. The SMILES string of the molecule is Cn1ncc2c(N)nc3cc(F)c(C(=O)N(Cc4cn5ccccc5n4)C4CCCC4O)cc3c21. The molecule has 0 aliphatic heterocycles. The molecule has 1 aliphatic rings. The third kappa shape index (κ3) is 3.48. The van der Waals surface area contributed by atoms with Crippen LogP contribution in [0.25, 0.3) is 27.5 Å². The van der Waals surface area contributed by atoms with Gasteiger partial charge in [0.25, 0.3) is 5.91 Å². The number of aromatic nitrogens is 5. The van der Waals surface area contributed by atoms with E-state index in [1.165, 1.54) is 12.1 Å². The molecular weight excluding hydrogens is 449 g/mol. The molecule has 0 spiro atoms. The average molecular weight is 474 g/mol. The highest BCUT2D eigenvalue weighted by Crippen LogP contribution is 2.32. The lowest BCUT2D eigenvalue weighted by Gasteiger charge is -2.31. The van der Waals surface area contributed by atoms with Gasteiger partial charge in [-0.15, -0.1) is 0 Å². The second-order valence-corrected chi connectivity index (χ2v) is 9.07. The Morgan fingerprint density at radius 2 is 2.11 bits per heavy atom. The maximum absolute atomic E-state index is 15.3. The number of nitrogens with two attached hydrogens (primary N) is 1. The van der Waals surface area contributed by atoms with Crippen molar-refractivity contribution < 1.29 is 14.3 Å². The molecule has 5 aromatic rings. The van der Waals surface area contributed by atoms with E-state index in [0.29, 0.717) is 40.3 Å². The molecule has 1 amide bonds. The molecule has 35 heavy (non-hydrogen) atoms. The number of hydrogen-bond donors (Lipinski definition) is 2. The molecule has 9 nitrogen and oxygen atoms in total. The fraction of sp³-hybridized carbons (Fsp3) is 0.280. The topological polar surface area (TPSA) is 115 Å². The van der Waals surface area contributed by atoms with Crippen LogP contribution >= 0.6 is 0 Å². The van der Waals surface area contributed by atoms with Crippen molar-refractivity contribution in [3.05, 3.63) is 66.0 Å². The molecule has 2 unspecified atom stereocenters. The van der Waals surface area contributed by atoms with E-state index in [9.17, 15) is 9.90 Å². The molecule has 0 radical (unpaired) electrons. The van der Waals surface area contributed by atoms with Crippen LogP contribution in [0.4, 0.5) is 10.2 Å². The van der Waals surface area contributed by atoms with E-state index < -0.39 is 23.9 Å². The van der Waals surface area contributed by atoms with Crippen molar-refractivity contribution in [3.63, 3.8) is 0 Å². The summed E-state index contributed by atoms with van der Waals surface area (Å²) >= 11 is 0. The van der Waals surface area contributed by atoms with E-state index >= 15 is 4.39 Å². The van der Waals surface area contributed by atoms with E-state index in [2.05, 4.69) is 15.1 Å². The van der Waals surface area contributed by atoms with Crippen molar-refractivity contribution in [2.24, 2.45) is 7.05 Å². The Morgan fingerprint density at radius 3 is 2.89 bits per heavy atom. The van der Waals surface area contributed by atoms with E-state index in [-0.39, 0.29) is 17.9 Å². The number of benzene rings is 1. The van der Waals surface area contributed by atoms with Gasteiger partial charge in [0.05, 0.1) is 52.6 Å². The minimum absolute atomic E-state index is 0.0885. The molecular formula is C25H24FN7O2. The summed E-state index contributed by atoms with van der Waals surface area (Å²) in [5, 5.41) is 16.1. The first-order valence-corrected chi connectivity index (χ1v) is 11.5. The Balaban J connectivity index is 1.46. The van der Waals surface area contributed by atoms with Gasteiger partial charge in [-0.05, 0) is 37.5 Å². The molecule has 10 heteroatoms. The van der Waals surface area contributed by atoms with Gasteiger partial charge in [-0.25, -0.2) is 14.4 Å². The summed E-state index contributed by atoms with van der Waals surface area (Å²) in [6.07, 6.45) is 6.68. The summed E-state index contributed by atoms with van der Waals surface area (Å²) in [6, 6.07) is 7.98. The number of aliphatic hydroxyl groups is 1. The molecule has 1 fully saturated rings. The Hall–Kier alpha value is -4.05. The number of rotatable bonds is 4. The smallest absolute Gasteiger partial charge is 0.257 e. The van der Waals surface area contributed by atoms with Crippen LogP contribution in [0, 0.1) is 5.82 Å². The lowest BCUT2D eigenvalue weighted by atomic mass is 10.0. The second kappa shape index (κ2) is 8.02. The summed E-state index contributed by atoms with van der Waals surface area (Å²) in [5.41, 5.74) is 8.39. The van der Waals surface area contributed by atoms with Gasteiger partial charge < -0.3 is 20.1 Å². The maximum Gasteiger partial charge on any atom is 0.257 e. The highest BCUT2D eigenvalue weighted by molar-refractivity contribution is 6.10. The quantitative estimate of drug-likeness (QED) is 0.415. The Bertz CT molecular complexity index is 1580. The van der Waals surface area contributed by atoms with Crippen LogP contribution in [0.5, 0.6) is 0 Å². The van der Waals surface area contributed by atoms with Crippen LogP contribution in [-0.2, 0) is 13.6 Å². The number of carbonyl (C=O) groups excluding carboxylic acids is 1. The van der Waals surface area contributed by atoms with Crippen molar-refractivity contribution in [2.75, 3.05) is 5.73 Å². The Morgan fingerprint density at radius 1 is 1.26 bits per heavy atom. The van der Waals surface area contributed by atoms with Crippen LogP contribution in [0.2, 0.25) is 0 Å². The standard InChI is InChI=1S/C25H24FN7O2/c1-31-23-16-9-15(18(26)10-19(16)30-24(27)17(23)11-28-31)25(35)33(20-5-4-6-21(20)34)13-14-12-32-8-3-2-7-22(32)29-14/h2-3,7-12,20-21,34H,4-6,13H2,1H3,(H2,27,30). The number of nitrogen functional groups attached to an aromatic ring is 1. The number of aliphatic hydroxyl groups excluding tert-OH is 1. The molecule has 2 atom stereocenters. The normalized spacial score (nSPS) is 18.1. The van der Waals surface area contributed by atoms with E-state index in [0.717, 1.165) is 12.1 Å². The summed E-state index contributed by atoms with van der Waals surface area (Å²) in [7, 11) is 1.76. The van der Waals surface area contributed by atoms with Crippen molar-refractivity contribution in [1.82, 2.24) is 29.0 Å². The van der Waals surface area contributed by atoms with Crippen molar-refractivity contribution in [1.29, 1.82) is 0 Å². The number of nitrogens with zero attached hydrogens (tertiary/aromatic N) is 6. The van der Waals surface area contributed by atoms with Crippen LogP contribution in [0.3, 0.4) is 0 Å². The third-order valence-corrected chi connectivity index (χ3v) is 6.88. The maximum atomic E-state index is 15.3. The van der Waals surface area contributed by atoms with Crippen molar-refractivity contribution in [2.45, 2.75) is 38.0 Å². The fourth-order valence-corrected chi connectivity index (χ4v) is 5.16. The van der Waals surface area contributed by atoms with Gasteiger partial charge in [0.15, 0.2) is 0 Å². The monoisotopic (exact) mass is 473 g/mol. The minimum atomic E-state index is -0.691. The number of aryl methyl sites for hydroxylation is 1. The van der Waals surface area contributed by atoms with Crippen molar-refractivity contribution in [3.8, 4) is 0 Å². The summed E-state index contributed by atoms with van der Waals surface area (Å²) in [5.74, 6) is -0.940. The molecule has 3 N–H and O–H groups in total. The first-order valence-electron chi connectivity index (χ1n) is 11.5. The Labute approximate surface area is 199 Å². The van der Waals surface area contributed by atoms with Gasteiger partial charge in [-0.1, -0.05) is 6.07 Å². The summed E-state index contributed by atoms with van der Waals surface area (Å²) in [4.78, 5) is 24.3. The first kappa shape index (κ1) is 21.5. The minimum Gasteiger partial charge on any atom is -0.391 e. The predicted molar refractivity (Wildman–Crippen MR) is 129 cm³/mol. The number of carbonyl (C=O) groups is 1. The number of halogens is 1. The van der Waals surface area contributed by atoms with Gasteiger partial charge in [0.1, 0.15) is 17.3 Å². The Kier molecular flexibility index (Phi) is 4.92. The fourth-order valence-electron chi connectivity index (χ4n) is 5.16. The zero-order valence-electron chi connectivity index (χ0n) is 19.1. The second-order valence-electron chi connectivity index (χ2n) is 9.07. The van der Waals surface area contributed by atoms with Crippen LogP contribution in [0.15, 0.2) is 48.9 Å². The van der Waals surface area contributed by atoms with E-state index in [1.54, 1.807) is 22.8 Å². The molecule has 1 saturated carbocycles. The van der Waals surface area contributed by atoms with Gasteiger partial charge in [0, 0.05) is 30.9 Å². The van der Waals surface area contributed by atoms with Gasteiger partial charge >= 0.3 is 0 Å². The molecule has 0 saturated heterocycles. The number of anilines is 1. The largest absolute Gasteiger partial charge is 0.391 e.